The number of nitrogens with zero attached hydrogens (tertiary/aromatic N) is 2. The predicted molar refractivity (Wildman–Crippen MR) is 78.4 cm³/mol. The maximum atomic E-state index is 12.8. The normalized spacial score (nSPS) is 20.8. The fourth-order valence-corrected chi connectivity index (χ4v) is 3.53. The first-order chi connectivity index (χ1) is 10.2. The Hall–Kier alpha value is -2.15. The van der Waals surface area contributed by atoms with Crippen LogP contribution in [0.5, 0.6) is 0 Å². The lowest BCUT2D eigenvalue weighted by Crippen LogP contribution is -2.36. The summed E-state index contributed by atoms with van der Waals surface area (Å²) >= 11 is 0. The zero-order valence-corrected chi connectivity index (χ0v) is 12.0. The first-order valence-corrected chi connectivity index (χ1v) is 7.50. The molecule has 1 saturated carbocycles. The quantitative estimate of drug-likeness (QED) is 0.783. The molecule has 0 unspecified atom stereocenters. The Kier molecular flexibility index (Phi) is 3.50. The Morgan fingerprint density at radius 2 is 1.76 bits per heavy atom. The number of carbonyl (C=O) groups excluding carboxylic acids is 2. The van der Waals surface area contributed by atoms with Crippen LogP contribution in [-0.4, -0.2) is 11.8 Å². The second kappa shape index (κ2) is 5.33. The van der Waals surface area contributed by atoms with Crippen molar-refractivity contribution >= 4 is 17.5 Å². The highest BCUT2D eigenvalue weighted by Gasteiger charge is 2.51. The summed E-state index contributed by atoms with van der Waals surface area (Å²) in [4.78, 5) is 26.4. The van der Waals surface area contributed by atoms with E-state index < -0.39 is 5.41 Å². The number of anilines is 1. The van der Waals surface area contributed by atoms with E-state index in [9.17, 15) is 9.59 Å². The molecule has 0 aromatic heterocycles. The minimum absolute atomic E-state index is 0.0276. The Bertz CT molecular complexity index is 607. The van der Waals surface area contributed by atoms with E-state index in [-0.39, 0.29) is 11.8 Å². The van der Waals surface area contributed by atoms with E-state index in [0.29, 0.717) is 18.5 Å². The lowest BCUT2D eigenvalue weighted by molar-refractivity contribution is -0.127. The molecule has 108 valence electrons. The zero-order chi connectivity index (χ0) is 14.9. The third-order valence-electron chi connectivity index (χ3n) is 4.68. The Balaban J connectivity index is 1.86. The third kappa shape index (κ3) is 2.33. The van der Waals surface area contributed by atoms with Gasteiger partial charge in [-0.25, -0.2) is 0 Å². The minimum Gasteiger partial charge on any atom is -0.274 e. The van der Waals surface area contributed by atoms with Crippen molar-refractivity contribution in [1.29, 1.82) is 5.26 Å². The summed E-state index contributed by atoms with van der Waals surface area (Å²) < 4.78 is 0. The van der Waals surface area contributed by atoms with Gasteiger partial charge in [-0.2, -0.15) is 5.26 Å². The maximum absolute atomic E-state index is 12.8. The van der Waals surface area contributed by atoms with E-state index in [2.05, 4.69) is 6.07 Å². The van der Waals surface area contributed by atoms with Crippen LogP contribution in [-0.2, 0) is 16.0 Å². The summed E-state index contributed by atoms with van der Waals surface area (Å²) in [5.41, 5.74) is 1.09. The highest BCUT2D eigenvalue weighted by Crippen LogP contribution is 2.46. The number of hydrogen-bond donors (Lipinski definition) is 0. The van der Waals surface area contributed by atoms with E-state index in [4.69, 9.17) is 5.26 Å². The van der Waals surface area contributed by atoms with Crippen molar-refractivity contribution in [1.82, 2.24) is 0 Å². The molecule has 2 fully saturated rings. The number of amides is 2. The van der Waals surface area contributed by atoms with Crippen molar-refractivity contribution in [3.63, 3.8) is 0 Å². The molecule has 1 heterocycles. The smallest absolute Gasteiger partial charge is 0.240 e. The topological polar surface area (TPSA) is 61.2 Å². The van der Waals surface area contributed by atoms with E-state index in [1.54, 1.807) is 12.1 Å². The van der Waals surface area contributed by atoms with Gasteiger partial charge in [-0.3, -0.25) is 14.5 Å². The predicted octanol–water partition coefficient (Wildman–Crippen LogP) is 2.97. The van der Waals surface area contributed by atoms with Crippen LogP contribution in [0.3, 0.4) is 0 Å². The van der Waals surface area contributed by atoms with Gasteiger partial charge in [0.2, 0.25) is 11.8 Å². The van der Waals surface area contributed by atoms with E-state index in [1.165, 1.54) is 4.90 Å². The third-order valence-corrected chi connectivity index (χ3v) is 4.68. The first kappa shape index (κ1) is 13.8. The van der Waals surface area contributed by atoms with Crippen LogP contribution in [0.1, 0.15) is 44.1 Å². The van der Waals surface area contributed by atoms with E-state index in [0.717, 1.165) is 37.7 Å². The van der Waals surface area contributed by atoms with Crippen LogP contribution in [0.4, 0.5) is 5.69 Å². The van der Waals surface area contributed by atoms with Crippen LogP contribution in [0.2, 0.25) is 0 Å². The second-order valence-electron chi connectivity index (χ2n) is 6.05. The average molecular weight is 282 g/mol. The van der Waals surface area contributed by atoms with Gasteiger partial charge in [0.1, 0.15) is 0 Å². The van der Waals surface area contributed by atoms with Gasteiger partial charge in [-0.1, -0.05) is 31.4 Å². The van der Waals surface area contributed by atoms with Crippen LogP contribution in [0, 0.1) is 16.7 Å². The number of benzene rings is 1. The summed E-state index contributed by atoms with van der Waals surface area (Å²) in [7, 11) is 0. The molecule has 1 aromatic rings. The van der Waals surface area contributed by atoms with Crippen molar-refractivity contribution in [2.75, 3.05) is 4.90 Å². The van der Waals surface area contributed by atoms with Gasteiger partial charge < -0.3 is 0 Å². The average Bonchev–Trinajstić information content (AvgIpc) is 2.72. The maximum Gasteiger partial charge on any atom is 0.240 e. The van der Waals surface area contributed by atoms with E-state index in [1.807, 2.05) is 12.1 Å². The molecule has 1 aromatic carbocycles. The molecule has 1 aliphatic heterocycles. The molecule has 21 heavy (non-hydrogen) atoms. The molecular formula is C17H18N2O2. The van der Waals surface area contributed by atoms with Crippen LogP contribution in [0.15, 0.2) is 24.3 Å². The number of carbonyl (C=O) groups is 2. The van der Waals surface area contributed by atoms with Crippen molar-refractivity contribution in [2.45, 2.75) is 44.9 Å². The van der Waals surface area contributed by atoms with Gasteiger partial charge in [0.05, 0.1) is 23.6 Å². The molecule has 2 aliphatic rings. The molecule has 0 radical (unpaired) electrons. The first-order valence-electron chi connectivity index (χ1n) is 7.50. The second-order valence-corrected chi connectivity index (χ2v) is 6.05. The highest BCUT2D eigenvalue weighted by atomic mass is 16.2. The van der Waals surface area contributed by atoms with Crippen LogP contribution < -0.4 is 4.90 Å². The van der Waals surface area contributed by atoms with Crippen molar-refractivity contribution in [3.8, 4) is 6.07 Å². The number of imide groups is 1. The van der Waals surface area contributed by atoms with Crippen molar-refractivity contribution in [2.24, 2.45) is 5.41 Å². The van der Waals surface area contributed by atoms with Crippen LogP contribution >= 0.6 is 0 Å². The fourth-order valence-electron chi connectivity index (χ4n) is 3.53. The Labute approximate surface area is 124 Å². The summed E-state index contributed by atoms with van der Waals surface area (Å²) in [6.07, 6.45) is 5.59. The molecule has 1 spiro atoms. The van der Waals surface area contributed by atoms with Gasteiger partial charge in [0, 0.05) is 6.42 Å². The highest BCUT2D eigenvalue weighted by molar-refractivity contribution is 6.22. The number of rotatable bonds is 2. The molecule has 1 saturated heterocycles. The molecule has 3 rings (SSSR count). The SMILES string of the molecule is N#CCc1ccc(N2C(=O)CC3(CCCCC3)C2=O)cc1. The number of nitriles is 1. The molecule has 0 atom stereocenters. The number of hydrogen-bond acceptors (Lipinski definition) is 3. The van der Waals surface area contributed by atoms with Crippen LogP contribution in [0.25, 0.3) is 0 Å². The molecule has 4 heteroatoms. The lowest BCUT2D eigenvalue weighted by atomic mass is 9.73. The monoisotopic (exact) mass is 282 g/mol. The zero-order valence-electron chi connectivity index (χ0n) is 12.0. The molecule has 0 bridgehead atoms. The van der Waals surface area contributed by atoms with Crippen molar-refractivity contribution < 1.29 is 9.59 Å². The van der Waals surface area contributed by atoms with Gasteiger partial charge in [-0.05, 0) is 30.5 Å². The molecule has 0 N–H and O–H groups in total. The summed E-state index contributed by atoms with van der Waals surface area (Å²) in [6.45, 7) is 0. The molecule has 4 nitrogen and oxygen atoms in total. The van der Waals surface area contributed by atoms with Gasteiger partial charge in [0.25, 0.3) is 0 Å². The Morgan fingerprint density at radius 3 is 2.38 bits per heavy atom. The molecule has 1 aliphatic carbocycles. The van der Waals surface area contributed by atoms with E-state index >= 15 is 0 Å². The molecular weight excluding hydrogens is 264 g/mol. The lowest BCUT2D eigenvalue weighted by Gasteiger charge is -2.30. The molecule has 2 amide bonds. The van der Waals surface area contributed by atoms with Crippen molar-refractivity contribution in [3.05, 3.63) is 29.8 Å². The fraction of sp³-hybridized carbons (Fsp3) is 0.471. The summed E-state index contributed by atoms with van der Waals surface area (Å²) in [6, 6.07) is 9.25. The minimum atomic E-state index is -0.444. The standard InChI is InChI=1S/C17H18N2O2/c18-11-8-13-4-6-14(7-5-13)19-15(20)12-17(16(19)21)9-2-1-3-10-17/h4-7H,1-3,8-10,12H2. The van der Waals surface area contributed by atoms with Gasteiger partial charge in [-0.15, -0.1) is 0 Å². The summed E-state index contributed by atoms with van der Waals surface area (Å²) in [5, 5.41) is 8.68. The van der Waals surface area contributed by atoms with Gasteiger partial charge in [0.15, 0.2) is 0 Å². The largest absolute Gasteiger partial charge is 0.274 e. The summed E-state index contributed by atoms with van der Waals surface area (Å²) in [5.74, 6) is -0.116. The van der Waals surface area contributed by atoms with Gasteiger partial charge >= 0.3 is 0 Å². The Morgan fingerprint density at radius 1 is 1.10 bits per heavy atom.